The number of carbonyl (C=O) groups is 3. The number of nitro benzene ring substituents is 1. The number of methoxy groups -OCH3 is 1. The van der Waals surface area contributed by atoms with E-state index in [4.69, 9.17) is 9.47 Å². The number of hydrogen-bond acceptors (Lipinski definition) is 8. The third-order valence-corrected chi connectivity index (χ3v) is 6.16. The lowest BCUT2D eigenvalue weighted by Gasteiger charge is -2.38. The number of aryl methyl sites for hydroxylation is 1. The van der Waals surface area contributed by atoms with Gasteiger partial charge in [0.15, 0.2) is 5.78 Å². The zero-order valence-corrected chi connectivity index (χ0v) is 19.4. The molecule has 0 radical (unpaired) electrons. The number of allylic oxidation sites excluding steroid dienone is 3. The van der Waals surface area contributed by atoms with Crippen molar-refractivity contribution in [2.24, 2.45) is 11.8 Å². The molecule has 2 aliphatic rings. The van der Waals surface area contributed by atoms with Gasteiger partial charge in [0.25, 0.3) is 5.69 Å². The average Bonchev–Trinajstić information content (AvgIpc) is 2.76. The number of carbonyl (C=O) groups excluding carboxylic acids is 3. The Labute approximate surface area is 192 Å². The molecule has 0 fully saturated rings. The van der Waals surface area contributed by atoms with Crippen LogP contribution in [0.4, 0.5) is 5.69 Å². The number of Topliss-reactive ketones (excluding diaryl/α,β-unsaturated/α-hetero) is 1. The molecule has 1 aromatic rings. The van der Waals surface area contributed by atoms with Crippen LogP contribution in [0.15, 0.2) is 40.7 Å². The average molecular weight is 456 g/mol. The first-order chi connectivity index (χ1) is 15.6. The zero-order chi connectivity index (χ0) is 24.4. The Morgan fingerprint density at radius 1 is 1.27 bits per heavy atom. The number of nitrogens with zero attached hydrogens (tertiary/aromatic N) is 1. The van der Waals surface area contributed by atoms with Crippen LogP contribution in [0.1, 0.15) is 50.7 Å². The Kier molecular flexibility index (Phi) is 7.00. The van der Waals surface area contributed by atoms with Gasteiger partial charge in [-0.25, -0.2) is 4.79 Å². The van der Waals surface area contributed by atoms with E-state index in [0.29, 0.717) is 35.4 Å². The molecule has 1 aliphatic heterocycles. The van der Waals surface area contributed by atoms with Gasteiger partial charge in [-0.3, -0.25) is 19.7 Å². The van der Waals surface area contributed by atoms with Crippen molar-refractivity contribution in [2.45, 2.75) is 46.5 Å². The molecule has 1 aliphatic carbocycles. The second-order valence-corrected chi connectivity index (χ2v) is 8.47. The minimum Gasteiger partial charge on any atom is -0.468 e. The van der Waals surface area contributed by atoms with Crippen LogP contribution >= 0.6 is 0 Å². The van der Waals surface area contributed by atoms with E-state index in [1.807, 2.05) is 6.92 Å². The van der Waals surface area contributed by atoms with E-state index < -0.39 is 34.5 Å². The van der Waals surface area contributed by atoms with E-state index in [0.717, 1.165) is 0 Å². The molecule has 1 N–H and O–H groups in total. The van der Waals surface area contributed by atoms with Crippen LogP contribution < -0.4 is 5.32 Å². The van der Waals surface area contributed by atoms with Crippen molar-refractivity contribution in [1.29, 1.82) is 0 Å². The highest BCUT2D eigenvalue weighted by molar-refractivity contribution is 6.12. The molecule has 176 valence electrons. The SMILES string of the molecule is CCCOC(=O)C1=C(C)NC2=C(C(=O)[C@H](C(=O)OC)[C@@H](C)C2)[C@@H]1c1ccc(C)c([N+](=O)[O-])c1. The largest absolute Gasteiger partial charge is 0.468 e. The number of ketones is 1. The number of benzene rings is 1. The summed E-state index contributed by atoms with van der Waals surface area (Å²) >= 11 is 0. The summed E-state index contributed by atoms with van der Waals surface area (Å²) < 4.78 is 10.3. The summed E-state index contributed by atoms with van der Waals surface area (Å²) in [7, 11) is 1.23. The van der Waals surface area contributed by atoms with Crippen molar-refractivity contribution in [3.8, 4) is 0 Å². The number of esters is 2. The van der Waals surface area contributed by atoms with Gasteiger partial charge in [0.1, 0.15) is 5.92 Å². The number of ether oxygens (including phenoxy) is 2. The fraction of sp³-hybridized carbons (Fsp3) is 0.458. The molecule has 0 spiro atoms. The van der Waals surface area contributed by atoms with Crippen molar-refractivity contribution < 1.29 is 28.8 Å². The topological polar surface area (TPSA) is 125 Å². The molecular formula is C24H28N2O7. The van der Waals surface area contributed by atoms with Crippen LogP contribution in [-0.2, 0) is 23.9 Å². The third kappa shape index (κ3) is 4.40. The first kappa shape index (κ1) is 24.2. The second kappa shape index (κ2) is 9.56. The van der Waals surface area contributed by atoms with Gasteiger partial charge in [-0.1, -0.05) is 26.0 Å². The van der Waals surface area contributed by atoms with Gasteiger partial charge in [-0.2, -0.15) is 0 Å². The van der Waals surface area contributed by atoms with Gasteiger partial charge >= 0.3 is 11.9 Å². The molecule has 0 bridgehead atoms. The maximum absolute atomic E-state index is 13.6. The predicted molar refractivity (Wildman–Crippen MR) is 119 cm³/mol. The molecule has 1 heterocycles. The molecule has 0 saturated heterocycles. The fourth-order valence-corrected chi connectivity index (χ4v) is 4.56. The van der Waals surface area contributed by atoms with Crippen molar-refractivity contribution in [3.05, 3.63) is 62.0 Å². The zero-order valence-electron chi connectivity index (χ0n) is 19.4. The van der Waals surface area contributed by atoms with E-state index in [9.17, 15) is 24.5 Å². The number of nitrogens with one attached hydrogen (secondary N) is 1. The molecule has 0 saturated carbocycles. The molecule has 3 atom stereocenters. The van der Waals surface area contributed by atoms with Crippen LogP contribution in [0.2, 0.25) is 0 Å². The summed E-state index contributed by atoms with van der Waals surface area (Å²) in [6, 6.07) is 4.64. The summed E-state index contributed by atoms with van der Waals surface area (Å²) in [5.74, 6) is -3.95. The number of dihydropyridines is 1. The third-order valence-electron chi connectivity index (χ3n) is 6.16. The van der Waals surface area contributed by atoms with Crippen molar-refractivity contribution >= 4 is 23.4 Å². The van der Waals surface area contributed by atoms with E-state index >= 15 is 0 Å². The van der Waals surface area contributed by atoms with Crippen molar-refractivity contribution in [1.82, 2.24) is 5.32 Å². The monoisotopic (exact) mass is 456 g/mol. The highest BCUT2D eigenvalue weighted by Gasteiger charge is 2.47. The van der Waals surface area contributed by atoms with Gasteiger partial charge in [0.05, 0.1) is 24.2 Å². The molecule has 3 rings (SSSR count). The summed E-state index contributed by atoms with van der Waals surface area (Å²) in [5.41, 5.74) is 2.31. The van der Waals surface area contributed by atoms with Crippen LogP contribution in [-0.4, -0.2) is 36.4 Å². The van der Waals surface area contributed by atoms with E-state index in [2.05, 4.69) is 5.32 Å². The summed E-state index contributed by atoms with van der Waals surface area (Å²) in [6.07, 6.45) is 1.00. The maximum Gasteiger partial charge on any atom is 0.336 e. The Morgan fingerprint density at radius 2 is 1.97 bits per heavy atom. The Bertz CT molecular complexity index is 1090. The molecular weight excluding hydrogens is 428 g/mol. The first-order valence-corrected chi connectivity index (χ1v) is 10.9. The van der Waals surface area contributed by atoms with Gasteiger partial charge in [0.2, 0.25) is 0 Å². The Hall–Kier alpha value is -3.49. The minimum atomic E-state index is -1.02. The van der Waals surface area contributed by atoms with E-state index in [1.54, 1.807) is 32.9 Å². The lowest BCUT2D eigenvalue weighted by molar-refractivity contribution is -0.385. The number of hydrogen-bond donors (Lipinski definition) is 1. The van der Waals surface area contributed by atoms with Crippen molar-refractivity contribution in [3.63, 3.8) is 0 Å². The highest BCUT2D eigenvalue weighted by atomic mass is 16.6. The van der Waals surface area contributed by atoms with E-state index in [-0.39, 0.29) is 29.4 Å². The molecule has 0 amide bonds. The van der Waals surface area contributed by atoms with Gasteiger partial charge in [-0.15, -0.1) is 0 Å². The molecule has 0 aromatic heterocycles. The van der Waals surface area contributed by atoms with Gasteiger partial charge < -0.3 is 14.8 Å². The minimum absolute atomic E-state index is 0.117. The molecule has 33 heavy (non-hydrogen) atoms. The Balaban J connectivity index is 2.23. The Morgan fingerprint density at radius 3 is 2.58 bits per heavy atom. The molecule has 9 nitrogen and oxygen atoms in total. The number of rotatable bonds is 6. The first-order valence-electron chi connectivity index (χ1n) is 10.9. The molecule has 9 heteroatoms. The summed E-state index contributed by atoms with van der Waals surface area (Å²) in [5, 5.41) is 14.8. The predicted octanol–water partition coefficient (Wildman–Crippen LogP) is 3.47. The summed E-state index contributed by atoms with van der Waals surface area (Å²) in [4.78, 5) is 50.2. The fourth-order valence-electron chi connectivity index (χ4n) is 4.56. The van der Waals surface area contributed by atoms with Crippen LogP contribution in [0.25, 0.3) is 0 Å². The number of nitro groups is 1. The smallest absolute Gasteiger partial charge is 0.336 e. The quantitative estimate of drug-likeness (QED) is 0.299. The van der Waals surface area contributed by atoms with Gasteiger partial charge in [-0.05, 0) is 38.2 Å². The summed E-state index contributed by atoms with van der Waals surface area (Å²) in [6.45, 7) is 7.18. The van der Waals surface area contributed by atoms with Crippen LogP contribution in [0.5, 0.6) is 0 Å². The molecule has 1 aromatic carbocycles. The van der Waals surface area contributed by atoms with Crippen LogP contribution in [0, 0.1) is 28.9 Å². The van der Waals surface area contributed by atoms with E-state index in [1.165, 1.54) is 13.2 Å². The molecule has 0 unspecified atom stereocenters. The van der Waals surface area contributed by atoms with Gasteiger partial charge in [0, 0.05) is 34.5 Å². The van der Waals surface area contributed by atoms with Crippen LogP contribution in [0.3, 0.4) is 0 Å². The maximum atomic E-state index is 13.6. The second-order valence-electron chi connectivity index (χ2n) is 8.47. The standard InChI is InChI=1S/C24H28N2O7/c1-6-9-33-24(29)19-14(4)25-16-10-13(3)18(23(28)32-5)22(27)21(16)20(19)15-8-7-12(2)17(11-15)26(30)31/h7-8,11,13,18,20,25H,6,9-10H2,1-5H3/t13-,18+,20+/m0/s1. The lowest BCUT2D eigenvalue weighted by Crippen LogP contribution is -2.43. The highest BCUT2D eigenvalue weighted by Crippen LogP contribution is 2.46. The lowest BCUT2D eigenvalue weighted by atomic mass is 9.69. The van der Waals surface area contributed by atoms with Crippen molar-refractivity contribution in [2.75, 3.05) is 13.7 Å². The normalized spacial score (nSPS) is 22.5.